The molecular weight excluding hydrogens is 421 g/mol. The zero-order chi connectivity index (χ0) is 20.0. The van der Waals surface area contributed by atoms with Crippen molar-refractivity contribution in [3.63, 3.8) is 0 Å². The summed E-state index contributed by atoms with van der Waals surface area (Å²) < 4.78 is 0. The Bertz CT molecular complexity index is 1090. The summed E-state index contributed by atoms with van der Waals surface area (Å²) in [6.07, 6.45) is 2.13. The first kappa shape index (κ1) is 21.2. The molecule has 0 bridgehead atoms. The van der Waals surface area contributed by atoms with Crippen molar-refractivity contribution in [2.45, 2.75) is 25.9 Å². The molecule has 0 radical (unpaired) electrons. The number of aliphatic hydroxyl groups excluding tert-OH is 1. The Labute approximate surface area is 186 Å². The first-order valence-corrected chi connectivity index (χ1v) is 10.5. The molecule has 5 rings (SSSR count). The standard InChI is InChI=1S/C23H24ClN3O2.ClH/c24-19-3-2-17(22-18(19)11-25-23(22)29)21-10-16-9-15(1-4-20(16)26-21)12-27-7-5-14(13-28)6-8-27;/h1-4,9-10,14,26,28H,5-8,11-13H2,(H,25,29);1H. The number of amides is 1. The Morgan fingerprint density at radius 3 is 2.70 bits per heavy atom. The first-order valence-electron chi connectivity index (χ1n) is 10.2. The van der Waals surface area contributed by atoms with Crippen LogP contribution in [0.25, 0.3) is 22.2 Å². The number of benzene rings is 2. The van der Waals surface area contributed by atoms with Gasteiger partial charge in [-0.25, -0.2) is 0 Å². The maximum Gasteiger partial charge on any atom is 0.252 e. The van der Waals surface area contributed by atoms with E-state index in [0.717, 1.165) is 60.2 Å². The smallest absolute Gasteiger partial charge is 0.252 e. The number of nitrogens with zero attached hydrogens (tertiary/aromatic N) is 1. The highest BCUT2D eigenvalue weighted by atomic mass is 35.5. The molecule has 0 saturated carbocycles. The van der Waals surface area contributed by atoms with Crippen LogP contribution in [0.4, 0.5) is 0 Å². The minimum Gasteiger partial charge on any atom is -0.396 e. The molecule has 0 spiro atoms. The average molecular weight is 446 g/mol. The van der Waals surface area contributed by atoms with Gasteiger partial charge in [0.2, 0.25) is 0 Å². The highest BCUT2D eigenvalue weighted by Crippen LogP contribution is 2.35. The lowest BCUT2D eigenvalue weighted by Gasteiger charge is -2.31. The van der Waals surface area contributed by atoms with E-state index in [2.05, 4.69) is 39.5 Å². The van der Waals surface area contributed by atoms with E-state index in [-0.39, 0.29) is 18.3 Å². The molecule has 0 aliphatic carbocycles. The van der Waals surface area contributed by atoms with Gasteiger partial charge in [0.25, 0.3) is 5.91 Å². The predicted molar refractivity (Wildman–Crippen MR) is 122 cm³/mol. The van der Waals surface area contributed by atoms with E-state index in [1.165, 1.54) is 5.56 Å². The Hall–Kier alpha value is -2.05. The normalized spacial score (nSPS) is 17.1. The molecule has 0 atom stereocenters. The molecule has 1 fully saturated rings. The van der Waals surface area contributed by atoms with Gasteiger partial charge in [-0.05, 0) is 61.7 Å². The van der Waals surface area contributed by atoms with Crippen LogP contribution in [-0.2, 0) is 13.1 Å². The fourth-order valence-electron chi connectivity index (χ4n) is 4.55. The van der Waals surface area contributed by atoms with E-state index in [9.17, 15) is 9.90 Å². The van der Waals surface area contributed by atoms with Gasteiger partial charge in [0.05, 0.1) is 5.56 Å². The molecule has 7 heteroatoms. The van der Waals surface area contributed by atoms with Gasteiger partial charge in [-0.2, -0.15) is 0 Å². The van der Waals surface area contributed by atoms with E-state index in [0.29, 0.717) is 29.7 Å². The average Bonchev–Trinajstić information content (AvgIpc) is 3.33. The van der Waals surface area contributed by atoms with Gasteiger partial charge in [0.1, 0.15) is 0 Å². The maximum absolute atomic E-state index is 12.3. The van der Waals surface area contributed by atoms with Crippen LogP contribution in [0, 0.1) is 5.92 Å². The number of carbonyl (C=O) groups is 1. The van der Waals surface area contributed by atoms with Crippen molar-refractivity contribution in [3.05, 3.63) is 58.1 Å². The summed E-state index contributed by atoms with van der Waals surface area (Å²) in [5.41, 5.74) is 5.72. The van der Waals surface area contributed by atoms with Crippen molar-refractivity contribution < 1.29 is 9.90 Å². The van der Waals surface area contributed by atoms with Crippen LogP contribution in [0.2, 0.25) is 5.02 Å². The largest absolute Gasteiger partial charge is 0.396 e. The lowest BCUT2D eigenvalue weighted by atomic mass is 9.97. The van der Waals surface area contributed by atoms with Crippen molar-refractivity contribution in [1.82, 2.24) is 15.2 Å². The van der Waals surface area contributed by atoms with Gasteiger partial charge in [-0.15, -0.1) is 12.4 Å². The van der Waals surface area contributed by atoms with Gasteiger partial charge in [-0.1, -0.05) is 23.7 Å². The number of likely N-dealkylation sites (tertiary alicyclic amines) is 1. The van der Waals surface area contributed by atoms with E-state index < -0.39 is 0 Å². The summed E-state index contributed by atoms with van der Waals surface area (Å²) in [5, 5.41) is 14.0. The highest BCUT2D eigenvalue weighted by molar-refractivity contribution is 6.32. The number of nitrogens with one attached hydrogen (secondary N) is 2. The van der Waals surface area contributed by atoms with E-state index in [1.807, 2.05) is 12.1 Å². The number of fused-ring (bicyclic) bond motifs is 2. The van der Waals surface area contributed by atoms with Gasteiger partial charge in [0, 0.05) is 52.4 Å². The second-order valence-electron chi connectivity index (χ2n) is 8.14. The third-order valence-corrected chi connectivity index (χ3v) is 6.61. The molecule has 2 aliphatic rings. The molecule has 1 amide bonds. The zero-order valence-electron chi connectivity index (χ0n) is 16.6. The number of hydrogen-bond acceptors (Lipinski definition) is 3. The van der Waals surface area contributed by atoms with Crippen LogP contribution in [0.1, 0.15) is 34.3 Å². The lowest BCUT2D eigenvalue weighted by molar-refractivity contribution is 0.0966. The molecule has 1 aromatic heterocycles. The summed E-state index contributed by atoms with van der Waals surface area (Å²) in [6.45, 7) is 3.78. The number of carbonyl (C=O) groups excluding carboxylic acids is 1. The number of H-pyrrole nitrogens is 1. The van der Waals surface area contributed by atoms with Crippen molar-refractivity contribution in [2.24, 2.45) is 5.92 Å². The molecule has 5 nitrogen and oxygen atoms in total. The molecule has 158 valence electrons. The summed E-state index contributed by atoms with van der Waals surface area (Å²) in [4.78, 5) is 18.3. The fourth-order valence-corrected chi connectivity index (χ4v) is 4.77. The third-order valence-electron chi connectivity index (χ3n) is 6.26. The Balaban J connectivity index is 0.00000218. The highest BCUT2D eigenvalue weighted by Gasteiger charge is 2.26. The van der Waals surface area contributed by atoms with E-state index >= 15 is 0 Å². The SMILES string of the molecule is Cl.O=C1NCc2c(Cl)ccc(-c3cc4cc(CN5CCC(CO)CC5)ccc4[nH]3)c21. The number of aliphatic hydroxyl groups is 1. The summed E-state index contributed by atoms with van der Waals surface area (Å²) in [5.74, 6) is 0.391. The zero-order valence-corrected chi connectivity index (χ0v) is 18.2. The number of rotatable bonds is 4. The molecular formula is C23H25Cl2N3O2. The third kappa shape index (κ3) is 3.83. The molecule has 2 aromatic carbocycles. The van der Waals surface area contributed by atoms with Crippen LogP contribution in [0.15, 0.2) is 36.4 Å². The van der Waals surface area contributed by atoms with Crippen LogP contribution in [0.3, 0.4) is 0 Å². The molecule has 0 unspecified atom stereocenters. The minimum absolute atomic E-state index is 0. The molecule has 3 N–H and O–H groups in total. The second-order valence-corrected chi connectivity index (χ2v) is 8.55. The summed E-state index contributed by atoms with van der Waals surface area (Å²) >= 11 is 6.28. The van der Waals surface area contributed by atoms with Gasteiger partial charge in [-0.3, -0.25) is 9.69 Å². The molecule has 2 aliphatic heterocycles. The van der Waals surface area contributed by atoms with Crippen molar-refractivity contribution in [2.75, 3.05) is 19.7 Å². The Kier molecular flexibility index (Phi) is 6.07. The summed E-state index contributed by atoms with van der Waals surface area (Å²) in [7, 11) is 0. The monoisotopic (exact) mass is 445 g/mol. The minimum atomic E-state index is -0.0665. The number of piperidine rings is 1. The van der Waals surface area contributed by atoms with Crippen molar-refractivity contribution >= 4 is 40.8 Å². The predicted octanol–water partition coefficient (Wildman–Crippen LogP) is 4.36. The van der Waals surface area contributed by atoms with Crippen LogP contribution >= 0.6 is 24.0 Å². The van der Waals surface area contributed by atoms with E-state index in [4.69, 9.17) is 11.6 Å². The molecule has 3 aromatic rings. The quantitative estimate of drug-likeness (QED) is 0.558. The number of aromatic amines is 1. The van der Waals surface area contributed by atoms with E-state index in [1.54, 1.807) is 0 Å². The maximum atomic E-state index is 12.3. The van der Waals surface area contributed by atoms with Gasteiger partial charge >= 0.3 is 0 Å². The lowest BCUT2D eigenvalue weighted by Crippen LogP contribution is -2.34. The number of aromatic nitrogens is 1. The molecule has 30 heavy (non-hydrogen) atoms. The van der Waals surface area contributed by atoms with Crippen molar-refractivity contribution in [1.29, 1.82) is 0 Å². The number of halogens is 2. The number of hydrogen-bond donors (Lipinski definition) is 3. The van der Waals surface area contributed by atoms with Crippen LogP contribution < -0.4 is 5.32 Å². The fraction of sp³-hybridized carbons (Fsp3) is 0.348. The van der Waals surface area contributed by atoms with Gasteiger partial charge in [0.15, 0.2) is 0 Å². The summed E-state index contributed by atoms with van der Waals surface area (Å²) in [6, 6.07) is 12.4. The van der Waals surface area contributed by atoms with Crippen LogP contribution in [-0.4, -0.2) is 40.6 Å². The van der Waals surface area contributed by atoms with Crippen molar-refractivity contribution in [3.8, 4) is 11.3 Å². The topological polar surface area (TPSA) is 68.4 Å². The Morgan fingerprint density at radius 2 is 1.93 bits per heavy atom. The molecule has 1 saturated heterocycles. The van der Waals surface area contributed by atoms with Gasteiger partial charge < -0.3 is 15.4 Å². The first-order chi connectivity index (χ1) is 14.1. The Morgan fingerprint density at radius 1 is 1.13 bits per heavy atom. The second kappa shape index (κ2) is 8.60. The molecule has 3 heterocycles. The van der Waals surface area contributed by atoms with Crippen LogP contribution in [0.5, 0.6) is 0 Å².